The molecule has 0 amide bonds. The van der Waals surface area contributed by atoms with Gasteiger partial charge < -0.3 is 9.84 Å². The molecule has 3 aliphatic rings. The zero-order valence-corrected chi connectivity index (χ0v) is 18.8. The molecule has 3 nitrogen and oxygen atoms in total. The van der Waals surface area contributed by atoms with E-state index in [1.165, 1.54) is 24.0 Å². The maximum absolute atomic E-state index is 12.3. The fourth-order valence-corrected chi connectivity index (χ4v) is 5.58. The smallest absolute Gasteiger partial charge is 0.338 e. The first-order valence-electron chi connectivity index (χ1n) is 11.0. The van der Waals surface area contributed by atoms with Gasteiger partial charge in [0, 0.05) is 10.9 Å². The van der Waals surface area contributed by atoms with Crippen LogP contribution in [0.15, 0.2) is 58.7 Å². The standard InChI is InChI=1S/C26H31ClO3/c1-16(2)20-10-12-26(3)13-11-21-22(24(20)26)9-4-17(14-23(21)28)15-30-25(29)18-5-7-19(27)8-6-18/h4-9,16,21,23,28H,10-15H2,1-3H3/t21-,23+,26-/m1/s1. The molecule has 3 aliphatic carbocycles. The predicted octanol–water partition coefficient (Wildman–Crippen LogP) is 6.28. The molecule has 0 aliphatic heterocycles. The molecule has 160 valence electrons. The predicted molar refractivity (Wildman–Crippen MR) is 120 cm³/mol. The Morgan fingerprint density at radius 1 is 1.23 bits per heavy atom. The van der Waals surface area contributed by atoms with E-state index in [4.69, 9.17) is 16.3 Å². The Balaban J connectivity index is 1.56. The number of carbonyl (C=O) groups excluding carboxylic acids is 1. The fourth-order valence-electron chi connectivity index (χ4n) is 5.45. The number of rotatable bonds is 4. The first-order valence-corrected chi connectivity index (χ1v) is 11.4. The molecule has 1 saturated carbocycles. The molecule has 4 rings (SSSR count). The van der Waals surface area contributed by atoms with Gasteiger partial charge in [-0.1, -0.05) is 50.1 Å². The Morgan fingerprint density at radius 3 is 2.67 bits per heavy atom. The molecule has 0 aromatic heterocycles. The topological polar surface area (TPSA) is 46.5 Å². The largest absolute Gasteiger partial charge is 0.458 e. The first kappa shape index (κ1) is 21.4. The van der Waals surface area contributed by atoms with E-state index in [1.54, 1.807) is 29.8 Å². The number of benzene rings is 1. The number of hydrogen-bond donors (Lipinski definition) is 1. The average molecular weight is 427 g/mol. The number of fused-ring (bicyclic) bond motifs is 3. The number of allylic oxidation sites excluding steroid dienone is 4. The summed E-state index contributed by atoms with van der Waals surface area (Å²) in [5.41, 5.74) is 6.06. The van der Waals surface area contributed by atoms with E-state index in [-0.39, 0.29) is 23.9 Å². The lowest BCUT2D eigenvalue weighted by molar-refractivity contribution is 0.0518. The van der Waals surface area contributed by atoms with Crippen molar-refractivity contribution < 1.29 is 14.6 Å². The lowest BCUT2D eigenvalue weighted by Gasteiger charge is -2.41. The van der Waals surface area contributed by atoms with E-state index in [1.807, 2.05) is 0 Å². The molecule has 0 heterocycles. The second kappa shape index (κ2) is 8.36. The van der Waals surface area contributed by atoms with Crippen LogP contribution in [0.1, 0.15) is 63.2 Å². The van der Waals surface area contributed by atoms with E-state index in [2.05, 4.69) is 32.9 Å². The maximum atomic E-state index is 12.3. The van der Waals surface area contributed by atoms with Crippen molar-refractivity contribution in [2.45, 2.75) is 59.0 Å². The van der Waals surface area contributed by atoms with Crippen LogP contribution in [0.5, 0.6) is 0 Å². The van der Waals surface area contributed by atoms with Gasteiger partial charge in [0.25, 0.3) is 0 Å². The van der Waals surface area contributed by atoms with Crippen molar-refractivity contribution in [1.82, 2.24) is 0 Å². The molecule has 30 heavy (non-hydrogen) atoms. The molecule has 0 bridgehead atoms. The van der Waals surface area contributed by atoms with Gasteiger partial charge in [-0.05, 0) is 84.4 Å². The van der Waals surface area contributed by atoms with E-state index < -0.39 is 6.10 Å². The van der Waals surface area contributed by atoms with E-state index in [9.17, 15) is 9.90 Å². The molecule has 3 atom stereocenters. The third-order valence-electron chi connectivity index (χ3n) is 7.17. The number of esters is 1. The van der Waals surface area contributed by atoms with Gasteiger partial charge in [0.15, 0.2) is 0 Å². The number of aliphatic hydroxyl groups excluding tert-OH is 1. The summed E-state index contributed by atoms with van der Waals surface area (Å²) in [5, 5.41) is 11.6. The van der Waals surface area contributed by atoms with Crippen molar-refractivity contribution in [3.05, 3.63) is 69.3 Å². The molecule has 1 N–H and O–H groups in total. The normalized spacial score (nSPS) is 28.5. The molecule has 1 aromatic rings. The number of aliphatic hydroxyl groups is 1. The lowest BCUT2D eigenvalue weighted by Crippen LogP contribution is -2.33. The van der Waals surface area contributed by atoms with Gasteiger partial charge in [-0.3, -0.25) is 0 Å². The number of hydrogen-bond acceptors (Lipinski definition) is 3. The number of carbonyl (C=O) groups is 1. The minimum Gasteiger partial charge on any atom is -0.458 e. The highest BCUT2D eigenvalue weighted by atomic mass is 35.5. The van der Waals surface area contributed by atoms with Crippen LogP contribution in [0.3, 0.4) is 0 Å². The van der Waals surface area contributed by atoms with Crippen molar-refractivity contribution in [3.63, 3.8) is 0 Å². The Kier molecular flexibility index (Phi) is 5.96. The van der Waals surface area contributed by atoms with E-state index in [0.29, 0.717) is 22.9 Å². The lowest BCUT2D eigenvalue weighted by atomic mass is 9.64. The molecule has 0 spiro atoms. The molecule has 0 saturated heterocycles. The highest BCUT2D eigenvalue weighted by Gasteiger charge is 2.46. The summed E-state index contributed by atoms with van der Waals surface area (Å²) in [6.45, 7) is 7.15. The molecule has 0 unspecified atom stereocenters. The van der Waals surface area contributed by atoms with Crippen molar-refractivity contribution >= 4 is 17.6 Å². The Bertz CT molecular complexity index is 922. The minimum absolute atomic E-state index is 0.167. The molecular formula is C26H31ClO3. The maximum Gasteiger partial charge on any atom is 0.338 e. The van der Waals surface area contributed by atoms with Crippen molar-refractivity contribution in [1.29, 1.82) is 0 Å². The highest BCUT2D eigenvalue weighted by molar-refractivity contribution is 6.30. The van der Waals surface area contributed by atoms with E-state index >= 15 is 0 Å². The minimum atomic E-state index is -0.440. The van der Waals surface area contributed by atoms with Gasteiger partial charge in [0.05, 0.1) is 11.7 Å². The van der Waals surface area contributed by atoms with Gasteiger partial charge in [-0.2, -0.15) is 0 Å². The third kappa shape index (κ3) is 4.02. The van der Waals surface area contributed by atoms with Crippen LogP contribution in [0.25, 0.3) is 0 Å². The third-order valence-corrected chi connectivity index (χ3v) is 7.42. The van der Waals surface area contributed by atoms with Crippen molar-refractivity contribution in [2.24, 2.45) is 17.3 Å². The van der Waals surface area contributed by atoms with Crippen molar-refractivity contribution in [3.8, 4) is 0 Å². The average Bonchev–Trinajstić information content (AvgIpc) is 2.99. The summed E-state index contributed by atoms with van der Waals surface area (Å²) in [6, 6.07) is 6.69. The van der Waals surface area contributed by atoms with Crippen LogP contribution >= 0.6 is 11.6 Å². The van der Waals surface area contributed by atoms with Crippen molar-refractivity contribution in [2.75, 3.05) is 6.61 Å². The monoisotopic (exact) mass is 426 g/mol. The van der Waals surface area contributed by atoms with Crippen LogP contribution in [-0.4, -0.2) is 23.8 Å². The second-order valence-corrected chi connectivity index (χ2v) is 10.00. The van der Waals surface area contributed by atoms with Gasteiger partial charge in [0.1, 0.15) is 6.61 Å². The molecule has 1 fully saturated rings. The zero-order chi connectivity index (χ0) is 21.5. The summed E-state index contributed by atoms with van der Waals surface area (Å²) < 4.78 is 5.53. The molecule has 4 heteroatoms. The summed E-state index contributed by atoms with van der Waals surface area (Å²) in [6.07, 6.45) is 8.91. The Morgan fingerprint density at radius 2 is 1.97 bits per heavy atom. The van der Waals surface area contributed by atoms with E-state index in [0.717, 1.165) is 18.4 Å². The highest BCUT2D eigenvalue weighted by Crippen LogP contribution is 2.57. The van der Waals surface area contributed by atoms with Crippen LogP contribution < -0.4 is 0 Å². The van der Waals surface area contributed by atoms with Crippen LogP contribution in [0.2, 0.25) is 5.02 Å². The Labute approximate surface area is 184 Å². The number of halogens is 1. The van der Waals surface area contributed by atoms with Gasteiger partial charge in [0.2, 0.25) is 0 Å². The Hall–Kier alpha value is -1.84. The summed E-state index contributed by atoms with van der Waals surface area (Å²) in [4.78, 5) is 12.3. The molecular weight excluding hydrogens is 396 g/mol. The van der Waals surface area contributed by atoms with Gasteiger partial charge >= 0.3 is 5.97 Å². The fraction of sp³-hybridized carbons (Fsp3) is 0.500. The quantitative estimate of drug-likeness (QED) is 0.576. The zero-order valence-electron chi connectivity index (χ0n) is 18.1. The van der Waals surface area contributed by atoms with Crippen LogP contribution in [-0.2, 0) is 4.74 Å². The van der Waals surface area contributed by atoms with Gasteiger partial charge in [-0.15, -0.1) is 0 Å². The van der Waals surface area contributed by atoms with Crippen LogP contribution in [0, 0.1) is 17.3 Å². The van der Waals surface area contributed by atoms with Crippen LogP contribution in [0.4, 0.5) is 0 Å². The summed E-state index contributed by atoms with van der Waals surface area (Å²) in [7, 11) is 0. The van der Waals surface area contributed by atoms with Gasteiger partial charge in [-0.25, -0.2) is 4.79 Å². The summed E-state index contributed by atoms with van der Waals surface area (Å²) in [5.74, 6) is 0.329. The molecule has 1 aromatic carbocycles. The SMILES string of the molecule is CC(C)C1=C2C3=CC=C(COC(=O)c4ccc(Cl)cc4)C[C@H](O)[C@@H]3CC[C@@]2(C)CC1. The summed E-state index contributed by atoms with van der Waals surface area (Å²) >= 11 is 5.89. The number of ether oxygens (including phenoxy) is 1. The first-order chi connectivity index (χ1) is 14.3. The second-order valence-electron chi connectivity index (χ2n) is 9.56. The molecule has 0 radical (unpaired) electrons.